The maximum absolute atomic E-state index is 11.0. The number of pyridine rings is 1. The molecule has 0 saturated heterocycles. The lowest BCUT2D eigenvalue weighted by Gasteiger charge is -2.08. The molecule has 0 aliphatic heterocycles. The maximum Gasteiger partial charge on any atom is 0.278 e. The number of hydrogen-bond donors (Lipinski definition) is 1. The Bertz CT molecular complexity index is 435. The maximum atomic E-state index is 11.0. The highest BCUT2D eigenvalue weighted by Gasteiger charge is 2.18. The molecule has 0 spiro atoms. The van der Waals surface area contributed by atoms with Gasteiger partial charge >= 0.3 is 0 Å². The Labute approximate surface area is 113 Å². The lowest BCUT2D eigenvalue weighted by Crippen LogP contribution is -2.18. The van der Waals surface area contributed by atoms with E-state index in [1.165, 1.54) is 0 Å². The average molecular weight is 267 g/mol. The van der Waals surface area contributed by atoms with Crippen LogP contribution in [-0.2, 0) is 11.3 Å². The highest BCUT2D eigenvalue weighted by Crippen LogP contribution is 2.23. The van der Waals surface area contributed by atoms with Crippen molar-refractivity contribution in [2.75, 3.05) is 19.8 Å². The van der Waals surface area contributed by atoms with E-state index in [1.807, 2.05) is 6.92 Å². The van der Waals surface area contributed by atoms with Crippen molar-refractivity contribution in [3.05, 3.63) is 33.1 Å². The molecule has 0 unspecified atom stereocenters. The molecule has 1 aromatic rings. The van der Waals surface area contributed by atoms with Gasteiger partial charge in [-0.3, -0.25) is 15.1 Å². The molecule has 0 bridgehead atoms. The van der Waals surface area contributed by atoms with Crippen molar-refractivity contribution in [2.45, 2.75) is 33.7 Å². The quantitative estimate of drug-likeness (QED) is 0.443. The summed E-state index contributed by atoms with van der Waals surface area (Å²) in [5.74, 6) is 0. The Morgan fingerprint density at radius 2 is 2.21 bits per heavy atom. The number of ether oxygens (including phenoxy) is 1. The Morgan fingerprint density at radius 3 is 2.84 bits per heavy atom. The van der Waals surface area contributed by atoms with Gasteiger partial charge in [0.15, 0.2) is 0 Å². The lowest BCUT2D eigenvalue weighted by atomic mass is 10.1. The summed E-state index contributed by atoms with van der Waals surface area (Å²) in [7, 11) is 0. The van der Waals surface area contributed by atoms with Crippen LogP contribution in [-0.4, -0.2) is 29.7 Å². The fourth-order valence-corrected chi connectivity index (χ4v) is 1.87. The predicted molar refractivity (Wildman–Crippen MR) is 73.2 cm³/mol. The van der Waals surface area contributed by atoms with E-state index in [0.717, 1.165) is 31.9 Å². The molecule has 0 radical (unpaired) electrons. The molecule has 0 saturated carbocycles. The highest BCUT2D eigenvalue weighted by molar-refractivity contribution is 5.47. The van der Waals surface area contributed by atoms with Crippen LogP contribution in [0.1, 0.15) is 30.2 Å². The molecule has 0 amide bonds. The zero-order valence-corrected chi connectivity index (χ0v) is 11.7. The molecule has 0 fully saturated rings. The monoisotopic (exact) mass is 267 g/mol. The SMILES string of the molecule is CCOCCCNCc1ncc(C)c([N+](=O)[O-])c1C. The van der Waals surface area contributed by atoms with Crippen LogP contribution in [0.2, 0.25) is 0 Å². The van der Waals surface area contributed by atoms with Crippen molar-refractivity contribution in [3.63, 3.8) is 0 Å². The van der Waals surface area contributed by atoms with Gasteiger partial charge in [0.25, 0.3) is 5.69 Å². The van der Waals surface area contributed by atoms with Gasteiger partial charge in [-0.25, -0.2) is 0 Å². The minimum atomic E-state index is -0.342. The first-order valence-electron chi connectivity index (χ1n) is 6.45. The molecule has 6 heteroatoms. The average Bonchev–Trinajstić information content (AvgIpc) is 2.35. The molecule has 1 heterocycles. The van der Waals surface area contributed by atoms with E-state index in [4.69, 9.17) is 4.74 Å². The predicted octanol–water partition coefficient (Wildman–Crippen LogP) is 2.12. The van der Waals surface area contributed by atoms with Crippen molar-refractivity contribution < 1.29 is 9.66 Å². The first kappa shape index (κ1) is 15.5. The molecule has 0 aliphatic rings. The third-order valence-corrected chi connectivity index (χ3v) is 2.90. The summed E-state index contributed by atoms with van der Waals surface area (Å²) in [6.45, 7) is 8.22. The van der Waals surface area contributed by atoms with Crippen molar-refractivity contribution >= 4 is 5.69 Å². The molecule has 106 valence electrons. The van der Waals surface area contributed by atoms with Gasteiger partial charge in [0.2, 0.25) is 0 Å². The van der Waals surface area contributed by atoms with Crippen molar-refractivity contribution in [1.82, 2.24) is 10.3 Å². The number of nitro groups is 1. The number of hydrogen-bond acceptors (Lipinski definition) is 5. The fourth-order valence-electron chi connectivity index (χ4n) is 1.87. The second-order valence-electron chi connectivity index (χ2n) is 4.35. The summed E-state index contributed by atoms with van der Waals surface area (Å²) in [5, 5.41) is 14.2. The second kappa shape index (κ2) is 7.81. The first-order chi connectivity index (χ1) is 9.07. The summed E-state index contributed by atoms with van der Waals surface area (Å²) in [4.78, 5) is 14.9. The van der Waals surface area contributed by atoms with E-state index < -0.39 is 0 Å². The normalized spacial score (nSPS) is 10.7. The van der Waals surface area contributed by atoms with Crippen LogP contribution in [0, 0.1) is 24.0 Å². The Kier molecular flexibility index (Phi) is 6.38. The molecule has 6 nitrogen and oxygen atoms in total. The van der Waals surface area contributed by atoms with E-state index in [1.54, 1.807) is 20.0 Å². The zero-order chi connectivity index (χ0) is 14.3. The summed E-state index contributed by atoms with van der Waals surface area (Å²) < 4.78 is 5.23. The van der Waals surface area contributed by atoms with Gasteiger partial charge < -0.3 is 10.1 Å². The summed E-state index contributed by atoms with van der Waals surface area (Å²) in [6.07, 6.45) is 2.48. The van der Waals surface area contributed by atoms with Gasteiger partial charge in [0.05, 0.1) is 10.6 Å². The summed E-state index contributed by atoms with van der Waals surface area (Å²) in [6, 6.07) is 0. The van der Waals surface area contributed by atoms with Gasteiger partial charge in [-0.1, -0.05) is 0 Å². The highest BCUT2D eigenvalue weighted by atomic mass is 16.6. The molecule has 1 rings (SSSR count). The van der Waals surface area contributed by atoms with Crippen LogP contribution < -0.4 is 5.32 Å². The molecule has 0 aromatic carbocycles. The summed E-state index contributed by atoms with van der Waals surface area (Å²) in [5.41, 5.74) is 2.14. The molecule has 0 aliphatic carbocycles. The first-order valence-corrected chi connectivity index (χ1v) is 6.45. The number of rotatable bonds is 8. The van der Waals surface area contributed by atoms with Gasteiger partial charge in [-0.15, -0.1) is 0 Å². The third-order valence-electron chi connectivity index (χ3n) is 2.90. The molecule has 1 N–H and O–H groups in total. The third kappa shape index (κ3) is 4.57. The smallest absolute Gasteiger partial charge is 0.278 e. The van der Waals surface area contributed by atoms with E-state index >= 15 is 0 Å². The van der Waals surface area contributed by atoms with Gasteiger partial charge in [-0.2, -0.15) is 0 Å². The Balaban J connectivity index is 2.55. The van der Waals surface area contributed by atoms with Crippen molar-refractivity contribution in [1.29, 1.82) is 0 Å². The standard InChI is InChI=1S/C13H21N3O3/c1-4-19-7-5-6-14-9-12-11(3)13(16(17)18)10(2)8-15-12/h8,14H,4-7,9H2,1-3H3. The van der Waals surface area contributed by atoms with E-state index in [-0.39, 0.29) is 10.6 Å². The second-order valence-corrected chi connectivity index (χ2v) is 4.35. The van der Waals surface area contributed by atoms with Crippen molar-refractivity contribution in [2.24, 2.45) is 0 Å². The van der Waals surface area contributed by atoms with E-state index in [0.29, 0.717) is 17.7 Å². The van der Waals surface area contributed by atoms with Crippen LogP contribution >= 0.6 is 0 Å². The fraction of sp³-hybridized carbons (Fsp3) is 0.615. The topological polar surface area (TPSA) is 77.3 Å². The zero-order valence-electron chi connectivity index (χ0n) is 11.7. The number of nitrogens with zero attached hydrogens (tertiary/aromatic N) is 2. The van der Waals surface area contributed by atoms with E-state index in [2.05, 4.69) is 10.3 Å². The number of aromatic nitrogens is 1. The van der Waals surface area contributed by atoms with Crippen LogP contribution in [0.5, 0.6) is 0 Å². The minimum Gasteiger partial charge on any atom is -0.382 e. The molecular formula is C13H21N3O3. The van der Waals surface area contributed by atoms with Crippen LogP contribution in [0.25, 0.3) is 0 Å². The van der Waals surface area contributed by atoms with Gasteiger partial charge in [0, 0.05) is 37.1 Å². The van der Waals surface area contributed by atoms with Crippen LogP contribution in [0.3, 0.4) is 0 Å². The molecule has 0 atom stereocenters. The molecule has 19 heavy (non-hydrogen) atoms. The van der Waals surface area contributed by atoms with Crippen LogP contribution in [0.15, 0.2) is 6.20 Å². The number of aryl methyl sites for hydroxylation is 1. The van der Waals surface area contributed by atoms with E-state index in [9.17, 15) is 10.1 Å². The lowest BCUT2D eigenvalue weighted by molar-refractivity contribution is -0.386. The van der Waals surface area contributed by atoms with Crippen LogP contribution in [0.4, 0.5) is 5.69 Å². The molecular weight excluding hydrogens is 246 g/mol. The van der Waals surface area contributed by atoms with Crippen molar-refractivity contribution in [3.8, 4) is 0 Å². The summed E-state index contributed by atoms with van der Waals surface area (Å²) >= 11 is 0. The van der Waals surface area contributed by atoms with Gasteiger partial charge in [0.1, 0.15) is 0 Å². The minimum absolute atomic E-state index is 0.168. The number of nitrogens with one attached hydrogen (secondary N) is 1. The molecule has 1 aromatic heterocycles. The van der Waals surface area contributed by atoms with Gasteiger partial charge in [-0.05, 0) is 33.7 Å². The largest absolute Gasteiger partial charge is 0.382 e. The Hall–Kier alpha value is -1.53. The Morgan fingerprint density at radius 1 is 1.47 bits per heavy atom.